The molecule has 0 aliphatic carbocycles. The topological polar surface area (TPSA) is 97.1 Å². The lowest BCUT2D eigenvalue weighted by Crippen LogP contribution is -2.13. The highest BCUT2D eigenvalue weighted by molar-refractivity contribution is 7.79. The molecule has 1 aliphatic rings. The van der Waals surface area contributed by atoms with Crippen LogP contribution in [0.25, 0.3) is 0 Å². The van der Waals surface area contributed by atoms with Crippen molar-refractivity contribution in [3.8, 4) is 0 Å². The van der Waals surface area contributed by atoms with Gasteiger partial charge in [0.2, 0.25) is 5.91 Å². The maximum atomic E-state index is 12.2. The largest absolute Gasteiger partial charge is 0.771 e. The normalized spacial score (nSPS) is 18.2. The van der Waals surface area contributed by atoms with E-state index in [9.17, 15) is 13.6 Å². The number of aryl methyl sites for hydroxylation is 1. The number of carbonyl (C=O) groups excluding carboxylic acids is 1. The van der Waals surface area contributed by atoms with E-state index in [2.05, 4.69) is 15.6 Å². The number of amides is 1. The van der Waals surface area contributed by atoms with Crippen LogP contribution in [0.1, 0.15) is 22.7 Å². The standard InChI is InChI=1S/C14H15N3O3S/c1-8-10(4-5-15-8)13-11-6-9(16-7-21(19)20)2-3-12(11)17-14(13)18/h2-6,13,15-16H,7H2,1H3,(H,17,18)(H,19,20)/p-1. The van der Waals surface area contributed by atoms with Crippen molar-refractivity contribution >= 4 is 28.4 Å². The number of rotatable bonds is 4. The predicted octanol–water partition coefficient (Wildman–Crippen LogP) is 1.66. The fourth-order valence-corrected chi connectivity index (χ4v) is 2.88. The highest BCUT2D eigenvalue weighted by atomic mass is 32.2. The van der Waals surface area contributed by atoms with Gasteiger partial charge in [-0.25, -0.2) is 0 Å². The maximum absolute atomic E-state index is 12.2. The van der Waals surface area contributed by atoms with Crippen LogP contribution in [0.5, 0.6) is 0 Å². The summed E-state index contributed by atoms with van der Waals surface area (Å²) in [6, 6.07) is 7.24. The number of carbonyl (C=O) groups is 1. The van der Waals surface area contributed by atoms with Crippen LogP contribution >= 0.6 is 0 Å². The Kier molecular flexibility index (Phi) is 3.52. The molecule has 6 nitrogen and oxygen atoms in total. The summed E-state index contributed by atoms with van der Waals surface area (Å²) in [6.45, 7) is 1.92. The molecule has 110 valence electrons. The number of fused-ring (bicyclic) bond motifs is 1. The molecule has 3 rings (SSSR count). The molecule has 2 atom stereocenters. The van der Waals surface area contributed by atoms with Gasteiger partial charge in [-0.1, -0.05) is 0 Å². The van der Waals surface area contributed by atoms with Crippen molar-refractivity contribution in [2.24, 2.45) is 0 Å². The Morgan fingerprint density at radius 3 is 2.81 bits per heavy atom. The molecule has 2 aromatic rings. The summed E-state index contributed by atoms with van der Waals surface area (Å²) in [5, 5.41) is 5.66. The molecule has 3 N–H and O–H groups in total. The number of benzene rings is 1. The minimum Gasteiger partial charge on any atom is -0.771 e. The van der Waals surface area contributed by atoms with Crippen LogP contribution in [-0.4, -0.2) is 25.5 Å². The van der Waals surface area contributed by atoms with E-state index in [1.54, 1.807) is 18.3 Å². The molecular formula is C14H14N3O3S-. The zero-order valence-corrected chi connectivity index (χ0v) is 12.1. The predicted molar refractivity (Wildman–Crippen MR) is 79.9 cm³/mol. The van der Waals surface area contributed by atoms with E-state index in [-0.39, 0.29) is 17.7 Å². The Morgan fingerprint density at radius 2 is 2.14 bits per heavy atom. The van der Waals surface area contributed by atoms with Crippen molar-refractivity contribution in [1.82, 2.24) is 4.98 Å². The summed E-state index contributed by atoms with van der Waals surface area (Å²) >= 11 is -2.16. The second-order valence-electron chi connectivity index (χ2n) is 4.91. The van der Waals surface area contributed by atoms with Crippen LogP contribution in [0.2, 0.25) is 0 Å². The first-order valence-electron chi connectivity index (χ1n) is 6.44. The molecular weight excluding hydrogens is 290 g/mol. The molecule has 0 saturated heterocycles. The van der Waals surface area contributed by atoms with Gasteiger partial charge in [-0.2, -0.15) is 0 Å². The number of anilines is 2. The summed E-state index contributed by atoms with van der Waals surface area (Å²) < 4.78 is 21.2. The minimum atomic E-state index is -2.16. The van der Waals surface area contributed by atoms with Crippen molar-refractivity contribution in [1.29, 1.82) is 0 Å². The minimum absolute atomic E-state index is 0.0720. The van der Waals surface area contributed by atoms with Gasteiger partial charge in [-0.15, -0.1) is 0 Å². The zero-order chi connectivity index (χ0) is 15.0. The highest BCUT2D eigenvalue weighted by Crippen LogP contribution is 2.39. The van der Waals surface area contributed by atoms with Gasteiger partial charge in [0.1, 0.15) is 0 Å². The van der Waals surface area contributed by atoms with Gasteiger partial charge in [0, 0.05) is 23.3 Å². The molecule has 1 aromatic carbocycles. The maximum Gasteiger partial charge on any atom is 0.236 e. The van der Waals surface area contributed by atoms with E-state index < -0.39 is 11.1 Å². The van der Waals surface area contributed by atoms with E-state index in [0.717, 1.165) is 22.5 Å². The third-order valence-electron chi connectivity index (χ3n) is 3.58. The Hall–Kier alpha value is -2.12. The summed E-state index contributed by atoms with van der Waals surface area (Å²) in [5.41, 5.74) is 4.16. The van der Waals surface area contributed by atoms with Gasteiger partial charge in [-0.3, -0.25) is 9.00 Å². The summed E-state index contributed by atoms with van der Waals surface area (Å²) in [4.78, 5) is 15.3. The average Bonchev–Trinajstić information content (AvgIpc) is 2.98. The van der Waals surface area contributed by atoms with E-state index in [4.69, 9.17) is 0 Å². The first kappa shape index (κ1) is 13.8. The van der Waals surface area contributed by atoms with Crippen molar-refractivity contribution < 1.29 is 13.6 Å². The van der Waals surface area contributed by atoms with Gasteiger partial charge >= 0.3 is 0 Å². The van der Waals surface area contributed by atoms with Crippen LogP contribution in [0, 0.1) is 6.92 Å². The number of H-pyrrole nitrogens is 1. The van der Waals surface area contributed by atoms with E-state index in [1.165, 1.54) is 0 Å². The molecule has 0 bridgehead atoms. The van der Waals surface area contributed by atoms with Gasteiger partial charge in [0.15, 0.2) is 0 Å². The zero-order valence-electron chi connectivity index (χ0n) is 11.3. The van der Waals surface area contributed by atoms with Gasteiger partial charge in [0.25, 0.3) is 0 Å². The number of hydrogen-bond donors (Lipinski definition) is 3. The van der Waals surface area contributed by atoms with Gasteiger partial charge in [-0.05, 0) is 53.4 Å². The molecule has 7 heteroatoms. The van der Waals surface area contributed by atoms with Crippen LogP contribution < -0.4 is 10.6 Å². The lowest BCUT2D eigenvalue weighted by Gasteiger charge is -2.12. The third-order valence-corrected chi connectivity index (χ3v) is 3.96. The fourth-order valence-electron chi connectivity index (χ4n) is 2.60. The van der Waals surface area contributed by atoms with Crippen molar-refractivity contribution in [3.63, 3.8) is 0 Å². The molecule has 1 aliphatic heterocycles. The summed E-state index contributed by atoms with van der Waals surface area (Å²) in [6.07, 6.45) is 1.80. The Balaban J connectivity index is 1.97. The Morgan fingerprint density at radius 1 is 1.33 bits per heavy atom. The SMILES string of the molecule is Cc1[nH]ccc1C1C(=O)Nc2ccc(NCS(=O)[O-])cc21. The van der Waals surface area contributed by atoms with Crippen LogP contribution in [0.4, 0.5) is 11.4 Å². The molecule has 1 amide bonds. The lowest BCUT2D eigenvalue weighted by molar-refractivity contribution is -0.116. The molecule has 2 unspecified atom stereocenters. The third kappa shape index (κ3) is 2.57. The van der Waals surface area contributed by atoms with Crippen LogP contribution in [0.15, 0.2) is 30.5 Å². The van der Waals surface area contributed by atoms with Crippen molar-refractivity contribution in [3.05, 3.63) is 47.3 Å². The number of aromatic amines is 1. The Bertz CT molecular complexity index is 726. The first-order valence-corrected chi connectivity index (χ1v) is 7.69. The quantitative estimate of drug-likeness (QED) is 0.748. The second-order valence-corrected chi connectivity index (χ2v) is 5.80. The molecule has 0 radical (unpaired) electrons. The monoisotopic (exact) mass is 304 g/mol. The molecule has 0 spiro atoms. The number of hydrogen-bond acceptors (Lipinski definition) is 4. The van der Waals surface area contributed by atoms with E-state index in [1.807, 2.05) is 19.1 Å². The lowest BCUT2D eigenvalue weighted by atomic mass is 9.92. The van der Waals surface area contributed by atoms with E-state index in [0.29, 0.717) is 5.69 Å². The van der Waals surface area contributed by atoms with Crippen molar-refractivity contribution in [2.75, 3.05) is 16.5 Å². The van der Waals surface area contributed by atoms with Crippen molar-refractivity contribution in [2.45, 2.75) is 12.8 Å². The Labute approximate surface area is 124 Å². The first-order chi connectivity index (χ1) is 10.1. The molecule has 1 aromatic heterocycles. The number of aromatic nitrogens is 1. The fraction of sp³-hybridized carbons (Fsp3) is 0.214. The summed E-state index contributed by atoms with van der Waals surface area (Å²) in [5.74, 6) is -0.600. The molecule has 2 heterocycles. The van der Waals surface area contributed by atoms with Crippen LogP contribution in [0.3, 0.4) is 0 Å². The van der Waals surface area contributed by atoms with E-state index >= 15 is 0 Å². The van der Waals surface area contributed by atoms with Gasteiger partial charge < -0.3 is 20.2 Å². The smallest absolute Gasteiger partial charge is 0.236 e. The molecule has 21 heavy (non-hydrogen) atoms. The molecule has 0 saturated carbocycles. The molecule has 0 fully saturated rings. The average molecular weight is 304 g/mol. The summed E-state index contributed by atoms with van der Waals surface area (Å²) in [7, 11) is 0. The van der Waals surface area contributed by atoms with Crippen LogP contribution in [-0.2, 0) is 15.9 Å². The highest BCUT2D eigenvalue weighted by Gasteiger charge is 2.33. The second kappa shape index (κ2) is 5.34. The number of nitrogens with one attached hydrogen (secondary N) is 3. The van der Waals surface area contributed by atoms with Gasteiger partial charge in [0.05, 0.1) is 11.8 Å².